The summed E-state index contributed by atoms with van der Waals surface area (Å²) in [5.74, 6) is -2.24. The van der Waals surface area contributed by atoms with Crippen molar-refractivity contribution in [3.8, 4) is 5.75 Å². The first kappa shape index (κ1) is 15.9. The normalized spacial score (nSPS) is 11.9. The number of halogens is 2. The predicted molar refractivity (Wildman–Crippen MR) is 81.0 cm³/mol. The minimum absolute atomic E-state index is 0.0992. The molecule has 0 saturated heterocycles. The number of anilines is 1. The van der Waals surface area contributed by atoms with Gasteiger partial charge in [0.05, 0.1) is 0 Å². The molecule has 0 heterocycles. The highest BCUT2D eigenvalue weighted by Crippen LogP contribution is 2.19. The lowest BCUT2D eigenvalue weighted by Crippen LogP contribution is -2.30. The molecule has 0 fully saturated rings. The zero-order chi connectivity index (χ0) is 16.3. The molecular weight excluding hydrogens is 288 g/mol. The van der Waals surface area contributed by atoms with Gasteiger partial charge < -0.3 is 10.1 Å². The van der Waals surface area contributed by atoms with Crippen molar-refractivity contribution in [3.05, 3.63) is 59.2 Å². The summed E-state index contributed by atoms with van der Waals surface area (Å²) < 4.78 is 31.3. The van der Waals surface area contributed by atoms with Crippen molar-refractivity contribution in [1.82, 2.24) is 0 Å². The molecule has 0 bridgehead atoms. The van der Waals surface area contributed by atoms with Crippen molar-refractivity contribution in [1.29, 1.82) is 0 Å². The molecule has 0 radical (unpaired) electrons. The zero-order valence-electron chi connectivity index (χ0n) is 12.6. The van der Waals surface area contributed by atoms with Crippen LogP contribution in [0.2, 0.25) is 0 Å². The topological polar surface area (TPSA) is 38.3 Å². The van der Waals surface area contributed by atoms with E-state index in [0.29, 0.717) is 5.69 Å². The van der Waals surface area contributed by atoms with Gasteiger partial charge in [0, 0.05) is 11.8 Å². The number of rotatable bonds is 4. The second-order valence-electron chi connectivity index (χ2n) is 5.14. The third-order valence-electron chi connectivity index (χ3n) is 3.21. The van der Waals surface area contributed by atoms with Crippen LogP contribution in [0.15, 0.2) is 36.4 Å². The van der Waals surface area contributed by atoms with E-state index in [1.54, 1.807) is 6.92 Å². The van der Waals surface area contributed by atoms with Gasteiger partial charge in [-0.25, -0.2) is 8.78 Å². The number of hydrogen-bond acceptors (Lipinski definition) is 2. The molecule has 1 atom stereocenters. The Morgan fingerprint density at radius 1 is 1.09 bits per heavy atom. The molecule has 0 saturated carbocycles. The van der Waals surface area contributed by atoms with Crippen molar-refractivity contribution in [2.45, 2.75) is 26.9 Å². The Hall–Kier alpha value is -2.43. The van der Waals surface area contributed by atoms with E-state index in [2.05, 4.69) is 5.32 Å². The van der Waals surface area contributed by atoms with Crippen LogP contribution < -0.4 is 10.1 Å². The molecule has 1 N–H and O–H groups in total. The minimum Gasteiger partial charge on any atom is -0.481 e. The van der Waals surface area contributed by atoms with Crippen LogP contribution in [-0.2, 0) is 4.79 Å². The third-order valence-corrected chi connectivity index (χ3v) is 3.21. The Morgan fingerprint density at radius 3 is 2.45 bits per heavy atom. The predicted octanol–water partition coefficient (Wildman–Crippen LogP) is 3.99. The molecule has 2 aromatic carbocycles. The third kappa shape index (κ3) is 3.81. The summed E-state index contributed by atoms with van der Waals surface area (Å²) in [6.07, 6.45) is -0.842. The molecule has 22 heavy (non-hydrogen) atoms. The first-order chi connectivity index (χ1) is 10.4. The molecular formula is C17H17F2NO2. The minimum atomic E-state index is -1.01. The lowest BCUT2D eigenvalue weighted by atomic mass is 10.1. The fourth-order valence-corrected chi connectivity index (χ4v) is 2.00. The monoisotopic (exact) mass is 305 g/mol. The first-order valence-corrected chi connectivity index (χ1v) is 6.86. The molecule has 2 rings (SSSR count). The number of benzene rings is 2. The van der Waals surface area contributed by atoms with Crippen molar-refractivity contribution < 1.29 is 18.3 Å². The van der Waals surface area contributed by atoms with Crippen LogP contribution in [0.1, 0.15) is 18.1 Å². The molecule has 5 heteroatoms. The summed E-state index contributed by atoms with van der Waals surface area (Å²) in [7, 11) is 0. The van der Waals surface area contributed by atoms with Gasteiger partial charge in [-0.15, -0.1) is 0 Å². The van der Waals surface area contributed by atoms with E-state index < -0.39 is 17.7 Å². The highest BCUT2D eigenvalue weighted by Gasteiger charge is 2.16. The fraction of sp³-hybridized carbons (Fsp3) is 0.235. The lowest BCUT2D eigenvalue weighted by Gasteiger charge is -2.16. The van der Waals surface area contributed by atoms with E-state index in [-0.39, 0.29) is 11.7 Å². The van der Waals surface area contributed by atoms with Gasteiger partial charge >= 0.3 is 0 Å². The van der Waals surface area contributed by atoms with Gasteiger partial charge in [-0.1, -0.05) is 17.7 Å². The molecule has 0 aromatic heterocycles. The Balaban J connectivity index is 2.04. The zero-order valence-corrected chi connectivity index (χ0v) is 12.6. The van der Waals surface area contributed by atoms with Crippen LogP contribution in [0, 0.1) is 25.5 Å². The van der Waals surface area contributed by atoms with Gasteiger partial charge in [0.15, 0.2) is 17.7 Å². The quantitative estimate of drug-likeness (QED) is 0.927. The van der Waals surface area contributed by atoms with Gasteiger partial charge in [-0.3, -0.25) is 4.79 Å². The summed E-state index contributed by atoms with van der Waals surface area (Å²) in [4.78, 5) is 12.1. The van der Waals surface area contributed by atoms with Gasteiger partial charge in [0.25, 0.3) is 5.91 Å². The van der Waals surface area contributed by atoms with E-state index >= 15 is 0 Å². The number of hydrogen-bond donors (Lipinski definition) is 1. The molecule has 2 aromatic rings. The van der Waals surface area contributed by atoms with Gasteiger partial charge in [0.2, 0.25) is 0 Å². The van der Waals surface area contributed by atoms with Crippen molar-refractivity contribution >= 4 is 11.6 Å². The second kappa shape index (κ2) is 6.56. The van der Waals surface area contributed by atoms with E-state index in [0.717, 1.165) is 23.3 Å². The summed E-state index contributed by atoms with van der Waals surface area (Å²) in [5, 5.41) is 2.75. The maximum Gasteiger partial charge on any atom is 0.265 e. The smallest absolute Gasteiger partial charge is 0.265 e. The van der Waals surface area contributed by atoms with E-state index in [9.17, 15) is 13.6 Å². The fourth-order valence-electron chi connectivity index (χ4n) is 2.00. The highest BCUT2D eigenvalue weighted by atomic mass is 19.2. The number of amides is 1. The summed E-state index contributed by atoms with van der Waals surface area (Å²) in [6.45, 7) is 5.40. The average Bonchev–Trinajstić information content (AvgIpc) is 2.45. The second-order valence-corrected chi connectivity index (χ2v) is 5.14. The number of nitrogens with one attached hydrogen (secondary N) is 1. The lowest BCUT2D eigenvalue weighted by molar-refractivity contribution is -0.122. The standard InChI is InChI=1S/C17H17F2NO2/c1-10-4-7-16(11(2)8-10)20-17(21)12(3)22-13-5-6-14(18)15(19)9-13/h4-9,12H,1-3H3,(H,20,21). The van der Waals surface area contributed by atoms with Crippen molar-refractivity contribution in [2.24, 2.45) is 0 Å². The number of carbonyl (C=O) groups is 1. The van der Waals surface area contributed by atoms with Crippen molar-refractivity contribution in [3.63, 3.8) is 0 Å². The summed E-state index contributed by atoms with van der Waals surface area (Å²) in [5.41, 5.74) is 2.73. The van der Waals surface area contributed by atoms with Crippen LogP contribution in [0.4, 0.5) is 14.5 Å². The van der Waals surface area contributed by atoms with Crippen LogP contribution in [0.3, 0.4) is 0 Å². The van der Waals surface area contributed by atoms with Crippen molar-refractivity contribution in [2.75, 3.05) is 5.32 Å². The van der Waals surface area contributed by atoms with Gasteiger partial charge in [-0.2, -0.15) is 0 Å². The van der Waals surface area contributed by atoms with Gasteiger partial charge in [-0.05, 0) is 44.5 Å². The van der Waals surface area contributed by atoms with Crippen LogP contribution >= 0.6 is 0 Å². The molecule has 3 nitrogen and oxygen atoms in total. The average molecular weight is 305 g/mol. The molecule has 1 unspecified atom stereocenters. The maximum absolute atomic E-state index is 13.1. The molecule has 116 valence electrons. The SMILES string of the molecule is Cc1ccc(NC(=O)C(C)Oc2ccc(F)c(F)c2)c(C)c1. The highest BCUT2D eigenvalue weighted by molar-refractivity contribution is 5.94. The van der Waals surface area contributed by atoms with Crippen LogP contribution in [-0.4, -0.2) is 12.0 Å². The first-order valence-electron chi connectivity index (χ1n) is 6.86. The number of ether oxygens (including phenoxy) is 1. The molecule has 0 aliphatic carbocycles. The Morgan fingerprint density at radius 2 is 1.82 bits per heavy atom. The molecule has 1 amide bonds. The summed E-state index contributed by atoms with van der Waals surface area (Å²) >= 11 is 0. The van der Waals surface area contributed by atoms with Gasteiger partial charge in [0.1, 0.15) is 5.75 Å². The Labute approximate surface area is 127 Å². The van der Waals surface area contributed by atoms with E-state index in [1.807, 2.05) is 32.0 Å². The number of aryl methyl sites for hydroxylation is 2. The van der Waals surface area contributed by atoms with E-state index in [4.69, 9.17) is 4.74 Å². The van der Waals surface area contributed by atoms with Crippen LogP contribution in [0.5, 0.6) is 5.75 Å². The largest absolute Gasteiger partial charge is 0.481 e. The summed E-state index contributed by atoms with van der Waals surface area (Å²) in [6, 6.07) is 8.81. The van der Waals surface area contributed by atoms with E-state index in [1.165, 1.54) is 6.07 Å². The Bertz CT molecular complexity index is 701. The maximum atomic E-state index is 13.1. The molecule has 0 aliphatic rings. The Kier molecular flexibility index (Phi) is 4.75. The molecule has 0 spiro atoms. The molecule has 0 aliphatic heterocycles. The number of carbonyl (C=O) groups excluding carboxylic acids is 1. The van der Waals surface area contributed by atoms with Crippen LogP contribution in [0.25, 0.3) is 0 Å².